The van der Waals surface area contributed by atoms with Crippen molar-refractivity contribution >= 4 is 15.8 Å². The maximum atomic E-state index is 12.2. The van der Waals surface area contributed by atoms with Crippen LogP contribution in [0.15, 0.2) is 23.2 Å². The summed E-state index contributed by atoms with van der Waals surface area (Å²) >= 11 is 0. The molecule has 102 valence electrons. The zero-order valence-electron chi connectivity index (χ0n) is 11.3. The standard InChI is InChI=1S/C12H21N3O2S/c1-5-9(2)10(3)15-18(16,17)11-6-7-14-12(8-11)13-4/h6-10,15H,5H2,1-4H3,(H,13,14). The molecule has 0 saturated heterocycles. The number of pyridine rings is 1. The second-order valence-corrected chi connectivity index (χ2v) is 6.14. The number of rotatable bonds is 6. The largest absolute Gasteiger partial charge is 0.373 e. The lowest BCUT2D eigenvalue weighted by Gasteiger charge is -2.19. The van der Waals surface area contributed by atoms with Crippen molar-refractivity contribution in [2.75, 3.05) is 12.4 Å². The van der Waals surface area contributed by atoms with Gasteiger partial charge in [0.15, 0.2) is 0 Å². The van der Waals surface area contributed by atoms with E-state index in [9.17, 15) is 8.42 Å². The van der Waals surface area contributed by atoms with Crippen molar-refractivity contribution in [2.45, 2.75) is 38.1 Å². The summed E-state index contributed by atoms with van der Waals surface area (Å²) in [5, 5.41) is 2.82. The average molecular weight is 271 g/mol. The van der Waals surface area contributed by atoms with Crippen LogP contribution in [0.5, 0.6) is 0 Å². The first-order chi connectivity index (χ1) is 8.40. The molecular formula is C12H21N3O2S. The maximum absolute atomic E-state index is 12.2. The Kier molecular flexibility index (Phi) is 5.10. The molecule has 6 heteroatoms. The van der Waals surface area contributed by atoms with Crippen molar-refractivity contribution < 1.29 is 8.42 Å². The molecule has 0 aliphatic carbocycles. The first kappa shape index (κ1) is 14.9. The third-order valence-electron chi connectivity index (χ3n) is 3.14. The van der Waals surface area contributed by atoms with Gasteiger partial charge in [-0.1, -0.05) is 20.3 Å². The van der Waals surface area contributed by atoms with Gasteiger partial charge in [0.25, 0.3) is 0 Å². The Morgan fingerprint density at radius 3 is 2.61 bits per heavy atom. The number of hydrogen-bond donors (Lipinski definition) is 2. The van der Waals surface area contributed by atoms with Gasteiger partial charge in [-0.3, -0.25) is 0 Å². The van der Waals surface area contributed by atoms with Gasteiger partial charge < -0.3 is 5.32 Å². The quantitative estimate of drug-likeness (QED) is 0.828. The van der Waals surface area contributed by atoms with Crippen LogP contribution < -0.4 is 10.0 Å². The lowest BCUT2D eigenvalue weighted by Crippen LogP contribution is -2.36. The third-order valence-corrected chi connectivity index (χ3v) is 4.69. The molecule has 2 atom stereocenters. The fourth-order valence-corrected chi connectivity index (χ4v) is 2.86. The summed E-state index contributed by atoms with van der Waals surface area (Å²) in [6, 6.07) is 2.92. The zero-order chi connectivity index (χ0) is 13.8. The molecule has 5 nitrogen and oxygen atoms in total. The topological polar surface area (TPSA) is 71.1 Å². The number of nitrogens with one attached hydrogen (secondary N) is 2. The first-order valence-corrected chi connectivity index (χ1v) is 7.55. The molecule has 0 saturated carbocycles. The van der Waals surface area contributed by atoms with E-state index < -0.39 is 10.0 Å². The lowest BCUT2D eigenvalue weighted by molar-refractivity contribution is 0.434. The van der Waals surface area contributed by atoms with Crippen LogP contribution in [-0.4, -0.2) is 26.5 Å². The van der Waals surface area contributed by atoms with Crippen molar-refractivity contribution in [3.8, 4) is 0 Å². The number of aromatic nitrogens is 1. The van der Waals surface area contributed by atoms with Crippen LogP contribution in [0.2, 0.25) is 0 Å². The third kappa shape index (κ3) is 3.68. The highest BCUT2D eigenvalue weighted by Gasteiger charge is 2.20. The van der Waals surface area contributed by atoms with Gasteiger partial charge in [0.1, 0.15) is 5.82 Å². The summed E-state index contributed by atoms with van der Waals surface area (Å²) in [5.41, 5.74) is 0. The normalized spacial score (nSPS) is 15.1. The summed E-state index contributed by atoms with van der Waals surface area (Å²) < 4.78 is 27.0. The van der Waals surface area contributed by atoms with E-state index in [1.165, 1.54) is 18.3 Å². The van der Waals surface area contributed by atoms with Gasteiger partial charge in [-0.15, -0.1) is 0 Å². The van der Waals surface area contributed by atoms with Gasteiger partial charge >= 0.3 is 0 Å². The van der Waals surface area contributed by atoms with Crippen LogP contribution in [-0.2, 0) is 10.0 Å². The molecule has 1 aromatic rings. The Balaban J connectivity index is 2.92. The van der Waals surface area contributed by atoms with Gasteiger partial charge in [0.05, 0.1) is 4.90 Å². The van der Waals surface area contributed by atoms with Gasteiger partial charge in [0.2, 0.25) is 10.0 Å². The van der Waals surface area contributed by atoms with Crippen LogP contribution in [0.1, 0.15) is 27.2 Å². The minimum absolute atomic E-state index is 0.0915. The molecule has 1 rings (SSSR count). The highest BCUT2D eigenvalue weighted by atomic mass is 32.2. The second-order valence-electron chi connectivity index (χ2n) is 4.42. The van der Waals surface area contributed by atoms with Crippen LogP contribution >= 0.6 is 0 Å². The van der Waals surface area contributed by atoms with E-state index in [1.54, 1.807) is 7.05 Å². The summed E-state index contributed by atoms with van der Waals surface area (Å²) in [5.74, 6) is 0.833. The van der Waals surface area contributed by atoms with Crippen LogP contribution in [0.3, 0.4) is 0 Å². The monoisotopic (exact) mass is 271 g/mol. The molecule has 0 bridgehead atoms. The Bertz CT molecular complexity index is 488. The molecule has 0 aromatic carbocycles. The number of hydrogen-bond acceptors (Lipinski definition) is 4. The van der Waals surface area contributed by atoms with Gasteiger partial charge in [-0.2, -0.15) is 0 Å². The fourth-order valence-electron chi connectivity index (χ4n) is 1.50. The molecule has 2 unspecified atom stereocenters. The van der Waals surface area contributed by atoms with E-state index in [2.05, 4.69) is 15.0 Å². The van der Waals surface area contributed by atoms with E-state index >= 15 is 0 Å². The smallest absolute Gasteiger partial charge is 0.241 e. The molecule has 0 radical (unpaired) electrons. The van der Waals surface area contributed by atoms with Crippen LogP contribution in [0, 0.1) is 5.92 Å². The van der Waals surface area contributed by atoms with Crippen LogP contribution in [0.25, 0.3) is 0 Å². The fraction of sp³-hybridized carbons (Fsp3) is 0.583. The van der Waals surface area contributed by atoms with Crippen molar-refractivity contribution in [3.05, 3.63) is 18.3 Å². The second kappa shape index (κ2) is 6.15. The first-order valence-electron chi connectivity index (χ1n) is 6.06. The lowest BCUT2D eigenvalue weighted by atomic mass is 10.0. The Labute approximate surface area is 109 Å². The van der Waals surface area contributed by atoms with Gasteiger partial charge in [0, 0.05) is 25.4 Å². The molecule has 2 N–H and O–H groups in total. The predicted octanol–water partition coefficient (Wildman–Crippen LogP) is 1.84. The predicted molar refractivity (Wildman–Crippen MR) is 73.0 cm³/mol. The minimum Gasteiger partial charge on any atom is -0.373 e. The number of sulfonamides is 1. The average Bonchev–Trinajstić information content (AvgIpc) is 2.37. The Morgan fingerprint density at radius 1 is 1.39 bits per heavy atom. The van der Waals surface area contributed by atoms with E-state index in [4.69, 9.17) is 0 Å². The van der Waals surface area contributed by atoms with Crippen molar-refractivity contribution in [1.29, 1.82) is 0 Å². The van der Waals surface area contributed by atoms with Gasteiger partial charge in [-0.25, -0.2) is 18.1 Å². The molecule has 0 amide bonds. The van der Waals surface area contributed by atoms with Gasteiger partial charge in [-0.05, 0) is 18.9 Å². The molecule has 1 heterocycles. The summed E-state index contributed by atoms with van der Waals surface area (Å²) in [4.78, 5) is 4.23. The summed E-state index contributed by atoms with van der Waals surface area (Å²) in [6.45, 7) is 5.95. The van der Waals surface area contributed by atoms with Crippen molar-refractivity contribution in [1.82, 2.24) is 9.71 Å². The van der Waals surface area contributed by atoms with E-state index in [1.807, 2.05) is 20.8 Å². The molecule has 18 heavy (non-hydrogen) atoms. The SMILES string of the molecule is CCC(C)C(C)NS(=O)(=O)c1ccnc(NC)c1. The summed E-state index contributed by atoms with van der Waals surface area (Å²) in [7, 11) is -1.77. The van der Waals surface area contributed by atoms with Crippen LogP contribution in [0.4, 0.5) is 5.82 Å². The highest BCUT2D eigenvalue weighted by molar-refractivity contribution is 7.89. The number of nitrogens with zero attached hydrogens (tertiary/aromatic N) is 1. The van der Waals surface area contributed by atoms with E-state index in [-0.39, 0.29) is 10.9 Å². The minimum atomic E-state index is -3.48. The maximum Gasteiger partial charge on any atom is 0.241 e. The van der Waals surface area contributed by atoms with Crippen molar-refractivity contribution in [3.63, 3.8) is 0 Å². The Morgan fingerprint density at radius 2 is 2.06 bits per heavy atom. The molecule has 0 aliphatic heterocycles. The highest BCUT2D eigenvalue weighted by Crippen LogP contribution is 2.15. The summed E-state index contributed by atoms with van der Waals surface area (Å²) in [6.07, 6.45) is 2.41. The molecule has 0 aliphatic rings. The molecular weight excluding hydrogens is 250 g/mol. The Hall–Kier alpha value is -1.14. The number of anilines is 1. The van der Waals surface area contributed by atoms with Crippen molar-refractivity contribution in [2.24, 2.45) is 5.92 Å². The molecule has 1 aromatic heterocycles. The van der Waals surface area contributed by atoms with E-state index in [0.717, 1.165) is 6.42 Å². The molecule has 0 spiro atoms. The van der Waals surface area contributed by atoms with E-state index in [0.29, 0.717) is 11.7 Å². The molecule has 0 fully saturated rings. The zero-order valence-corrected chi connectivity index (χ0v) is 12.1.